The summed E-state index contributed by atoms with van der Waals surface area (Å²) in [5.41, 5.74) is 0.710. The Morgan fingerprint density at radius 1 is 1.64 bits per heavy atom. The minimum atomic E-state index is -2.13. The third-order valence-corrected chi connectivity index (χ3v) is 1.70. The Labute approximate surface area is 79.7 Å². The number of hydrogen-bond donors (Lipinski definition) is 0. The number of aromatic nitrogens is 1. The van der Waals surface area contributed by atoms with E-state index in [9.17, 15) is 8.76 Å². The molecule has 0 aliphatic carbocycles. The van der Waals surface area contributed by atoms with Gasteiger partial charge in [0.1, 0.15) is 0 Å². The Morgan fingerprint density at radius 2 is 2.27 bits per heavy atom. The molecule has 5 heteroatoms. The van der Waals surface area contributed by atoms with Gasteiger partial charge in [-0.2, -0.15) is 0 Å². The van der Waals surface area contributed by atoms with Gasteiger partial charge in [0.2, 0.25) is 0 Å². The van der Waals surface area contributed by atoms with Crippen LogP contribution in [0.1, 0.15) is 5.69 Å². The van der Waals surface area contributed by atoms with Gasteiger partial charge in [-0.15, -0.1) is 0 Å². The molecule has 1 unspecified atom stereocenters. The molecule has 0 N–H and O–H groups in total. The Hall–Kier alpha value is -0.143. The van der Waals surface area contributed by atoms with E-state index in [1.165, 1.54) is 18.3 Å². The predicted molar refractivity (Wildman–Crippen MR) is 36.2 cm³/mol. The molecule has 0 amide bonds. The maximum atomic E-state index is 10.3. The molecule has 54 valence electrons. The van der Waals surface area contributed by atoms with Crippen LogP contribution in [0.25, 0.3) is 0 Å². The largest absolute Gasteiger partial charge is 1.00 e. The standard InChI is InChI=1S/C6H7NO2S.Li/c1-5-4-6(10(8)9)2-3-7-5;/h2-4H,1H3,(H,8,9);/q;+1/p-1. The summed E-state index contributed by atoms with van der Waals surface area (Å²) in [7, 11) is 0. The van der Waals surface area contributed by atoms with Crippen LogP contribution in [0.15, 0.2) is 23.2 Å². The number of rotatable bonds is 1. The van der Waals surface area contributed by atoms with Crippen molar-refractivity contribution in [2.45, 2.75) is 11.8 Å². The van der Waals surface area contributed by atoms with Gasteiger partial charge in [0, 0.05) is 16.8 Å². The molecule has 0 bridgehead atoms. The van der Waals surface area contributed by atoms with Crippen molar-refractivity contribution >= 4 is 11.1 Å². The van der Waals surface area contributed by atoms with E-state index in [0.717, 1.165) is 0 Å². The third-order valence-electron chi connectivity index (χ3n) is 1.06. The Morgan fingerprint density at radius 3 is 2.64 bits per heavy atom. The van der Waals surface area contributed by atoms with E-state index < -0.39 is 11.1 Å². The van der Waals surface area contributed by atoms with Gasteiger partial charge in [0.05, 0.1) is 0 Å². The molecule has 0 spiro atoms. The number of nitrogens with zero attached hydrogens (tertiary/aromatic N) is 1. The average molecular weight is 163 g/mol. The monoisotopic (exact) mass is 163 g/mol. The first-order valence-electron chi connectivity index (χ1n) is 2.72. The smallest absolute Gasteiger partial charge is 0.768 e. The minimum Gasteiger partial charge on any atom is -0.768 e. The first-order chi connectivity index (χ1) is 4.70. The van der Waals surface area contributed by atoms with Crippen molar-refractivity contribution < 1.29 is 27.6 Å². The zero-order valence-corrected chi connectivity index (χ0v) is 7.22. The summed E-state index contributed by atoms with van der Waals surface area (Å²) in [6.07, 6.45) is 1.47. The molecule has 11 heavy (non-hydrogen) atoms. The van der Waals surface area contributed by atoms with Gasteiger partial charge < -0.3 is 4.55 Å². The molecular formula is C6H6LiNO2S. The number of pyridine rings is 1. The summed E-state index contributed by atoms with van der Waals surface area (Å²) in [5.74, 6) is 0. The van der Waals surface area contributed by atoms with E-state index in [1.54, 1.807) is 6.92 Å². The van der Waals surface area contributed by atoms with Crippen molar-refractivity contribution in [1.82, 2.24) is 4.98 Å². The van der Waals surface area contributed by atoms with Crippen molar-refractivity contribution in [2.75, 3.05) is 0 Å². The molecule has 3 nitrogen and oxygen atoms in total. The summed E-state index contributed by atoms with van der Waals surface area (Å²) >= 11 is -2.13. The molecule has 0 saturated carbocycles. The molecule has 1 atom stereocenters. The van der Waals surface area contributed by atoms with Gasteiger partial charge in [-0.3, -0.25) is 9.19 Å². The molecule has 0 aromatic carbocycles. The van der Waals surface area contributed by atoms with E-state index >= 15 is 0 Å². The van der Waals surface area contributed by atoms with Crippen LogP contribution in [0.5, 0.6) is 0 Å². The first kappa shape index (κ1) is 10.9. The van der Waals surface area contributed by atoms with E-state index in [2.05, 4.69) is 4.98 Å². The molecule has 0 aliphatic rings. The van der Waals surface area contributed by atoms with Crippen LogP contribution >= 0.6 is 0 Å². The van der Waals surface area contributed by atoms with Crippen molar-refractivity contribution in [3.05, 3.63) is 24.0 Å². The van der Waals surface area contributed by atoms with Crippen LogP contribution in [-0.2, 0) is 11.1 Å². The van der Waals surface area contributed by atoms with Crippen LogP contribution < -0.4 is 18.9 Å². The number of aryl methyl sites for hydroxylation is 1. The molecule has 1 aromatic heterocycles. The van der Waals surface area contributed by atoms with Gasteiger partial charge in [-0.25, -0.2) is 0 Å². The van der Waals surface area contributed by atoms with Crippen LogP contribution in [0.4, 0.5) is 0 Å². The third kappa shape index (κ3) is 3.17. The SMILES string of the molecule is Cc1cc(S(=O)[O-])ccn1.[Li+]. The first-order valence-corrected chi connectivity index (χ1v) is 3.79. The van der Waals surface area contributed by atoms with Gasteiger partial charge in [0.25, 0.3) is 0 Å². The van der Waals surface area contributed by atoms with Gasteiger partial charge in [0.15, 0.2) is 0 Å². The second-order valence-electron chi connectivity index (χ2n) is 1.87. The molecule has 1 aromatic rings. The quantitative estimate of drug-likeness (QED) is 0.343. The van der Waals surface area contributed by atoms with E-state index in [4.69, 9.17) is 0 Å². The summed E-state index contributed by atoms with van der Waals surface area (Å²) < 4.78 is 20.7. The molecule has 1 heterocycles. The van der Waals surface area contributed by atoms with Crippen LogP contribution in [0.3, 0.4) is 0 Å². The van der Waals surface area contributed by atoms with Crippen LogP contribution in [0, 0.1) is 6.92 Å². The summed E-state index contributed by atoms with van der Waals surface area (Å²) in [4.78, 5) is 4.13. The zero-order valence-electron chi connectivity index (χ0n) is 6.40. The van der Waals surface area contributed by atoms with E-state index in [-0.39, 0.29) is 23.8 Å². The fourth-order valence-corrected chi connectivity index (χ4v) is 1.06. The minimum absolute atomic E-state index is 0. The van der Waals surface area contributed by atoms with Gasteiger partial charge >= 0.3 is 18.9 Å². The van der Waals surface area contributed by atoms with E-state index in [0.29, 0.717) is 5.69 Å². The van der Waals surface area contributed by atoms with Crippen molar-refractivity contribution in [2.24, 2.45) is 0 Å². The molecular weight excluding hydrogens is 157 g/mol. The Balaban J connectivity index is 0.000001000. The van der Waals surface area contributed by atoms with Crippen molar-refractivity contribution in [3.63, 3.8) is 0 Å². The van der Waals surface area contributed by atoms with Gasteiger partial charge in [-0.05, 0) is 30.1 Å². The fraction of sp³-hybridized carbons (Fsp3) is 0.167. The van der Waals surface area contributed by atoms with Gasteiger partial charge in [-0.1, -0.05) is 0 Å². The Bertz CT molecular complexity index is 267. The molecule has 1 rings (SSSR count). The Kier molecular flexibility index (Phi) is 4.62. The molecule has 0 saturated heterocycles. The van der Waals surface area contributed by atoms with Crippen molar-refractivity contribution in [1.29, 1.82) is 0 Å². The van der Waals surface area contributed by atoms with Crippen molar-refractivity contribution in [3.8, 4) is 0 Å². The summed E-state index contributed by atoms with van der Waals surface area (Å²) in [5, 5.41) is 0. The normalized spacial score (nSPS) is 11.8. The van der Waals surface area contributed by atoms with Crippen LogP contribution in [0.2, 0.25) is 0 Å². The maximum Gasteiger partial charge on any atom is 1.00 e. The fourth-order valence-electron chi connectivity index (χ4n) is 0.623. The summed E-state index contributed by atoms with van der Waals surface area (Å²) in [6.45, 7) is 1.75. The van der Waals surface area contributed by atoms with Crippen LogP contribution in [-0.4, -0.2) is 13.7 Å². The topological polar surface area (TPSA) is 53.0 Å². The van der Waals surface area contributed by atoms with E-state index in [1.807, 2.05) is 0 Å². The zero-order chi connectivity index (χ0) is 7.56. The summed E-state index contributed by atoms with van der Waals surface area (Å²) in [6, 6.07) is 2.97. The predicted octanol–water partition coefficient (Wildman–Crippen LogP) is -2.37. The molecule has 0 radical (unpaired) electrons. The second-order valence-corrected chi connectivity index (χ2v) is 2.81. The second kappa shape index (κ2) is 4.68. The molecule has 0 aliphatic heterocycles. The molecule has 0 fully saturated rings. The maximum absolute atomic E-state index is 10.3. The average Bonchev–Trinajstić information content (AvgIpc) is 1.88. The number of hydrogen-bond acceptors (Lipinski definition) is 3.